The minimum Gasteiger partial charge on any atom is -0.478 e. The van der Waals surface area contributed by atoms with Crippen molar-refractivity contribution >= 4 is 21.9 Å². The topological polar surface area (TPSA) is 127 Å². The van der Waals surface area contributed by atoms with Crippen LogP contribution < -0.4 is 10.5 Å². The van der Waals surface area contributed by atoms with Gasteiger partial charge in [-0.1, -0.05) is 12.1 Å². The number of carbonyl (C=O) groups is 2. The molecule has 4 N–H and O–H groups in total. The standard InChI is InChI=1S/C16H16N2O5S/c17-24(22,23)14-7-1-11(2-8-14)9-10-18-15(19)12-3-5-13(6-4-12)16(20)21/h1-8H,9-10H2,(H,18,19)(H,20,21)(H2,17,22,23). The van der Waals surface area contributed by atoms with Crippen molar-refractivity contribution in [3.8, 4) is 0 Å². The van der Waals surface area contributed by atoms with Crippen molar-refractivity contribution in [2.45, 2.75) is 11.3 Å². The van der Waals surface area contributed by atoms with E-state index in [1.54, 1.807) is 12.1 Å². The van der Waals surface area contributed by atoms with Gasteiger partial charge < -0.3 is 10.4 Å². The molecule has 0 radical (unpaired) electrons. The van der Waals surface area contributed by atoms with Gasteiger partial charge in [-0.05, 0) is 48.4 Å². The molecule has 7 nitrogen and oxygen atoms in total. The Labute approximate surface area is 139 Å². The maximum Gasteiger partial charge on any atom is 0.335 e. The van der Waals surface area contributed by atoms with E-state index in [1.807, 2.05) is 0 Å². The Morgan fingerprint density at radius 3 is 2.00 bits per heavy atom. The first kappa shape index (κ1) is 17.6. The van der Waals surface area contributed by atoms with Crippen LogP contribution in [0.3, 0.4) is 0 Å². The molecule has 0 aliphatic carbocycles. The van der Waals surface area contributed by atoms with Gasteiger partial charge in [-0.2, -0.15) is 0 Å². The Hall–Kier alpha value is -2.71. The van der Waals surface area contributed by atoms with Crippen molar-refractivity contribution in [1.29, 1.82) is 0 Å². The molecule has 0 bridgehead atoms. The highest BCUT2D eigenvalue weighted by atomic mass is 32.2. The molecule has 24 heavy (non-hydrogen) atoms. The van der Waals surface area contributed by atoms with Gasteiger partial charge in [0.15, 0.2) is 0 Å². The minimum absolute atomic E-state index is 0.0359. The number of rotatable bonds is 6. The van der Waals surface area contributed by atoms with Crippen molar-refractivity contribution < 1.29 is 23.1 Å². The third kappa shape index (κ3) is 4.64. The van der Waals surface area contributed by atoms with E-state index in [1.165, 1.54) is 36.4 Å². The van der Waals surface area contributed by atoms with Crippen molar-refractivity contribution in [3.63, 3.8) is 0 Å². The fourth-order valence-corrected chi connectivity index (χ4v) is 2.55. The van der Waals surface area contributed by atoms with Gasteiger partial charge in [0.2, 0.25) is 10.0 Å². The SMILES string of the molecule is NS(=O)(=O)c1ccc(CCNC(=O)c2ccc(C(=O)O)cc2)cc1. The van der Waals surface area contributed by atoms with E-state index in [9.17, 15) is 18.0 Å². The number of benzene rings is 2. The molecule has 0 spiro atoms. The summed E-state index contributed by atoms with van der Waals surface area (Å²) in [5.74, 6) is -1.36. The Balaban J connectivity index is 1.89. The molecule has 1 amide bonds. The summed E-state index contributed by atoms with van der Waals surface area (Å²) in [5.41, 5.74) is 1.33. The second kappa shape index (κ2) is 7.24. The molecule has 126 valence electrons. The fourth-order valence-electron chi connectivity index (χ4n) is 2.03. The summed E-state index contributed by atoms with van der Waals surface area (Å²) >= 11 is 0. The van der Waals surface area contributed by atoms with Crippen molar-refractivity contribution in [3.05, 3.63) is 65.2 Å². The molecule has 0 saturated carbocycles. The monoisotopic (exact) mass is 348 g/mol. The molecule has 0 aromatic heterocycles. The predicted molar refractivity (Wildman–Crippen MR) is 87.3 cm³/mol. The molecular weight excluding hydrogens is 332 g/mol. The molecular formula is C16H16N2O5S. The molecule has 2 aromatic rings. The maximum absolute atomic E-state index is 11.9. The van der Waals surface area contributed by atoms with Crippen LogP contribution in [0.5, 0.6) is 0 Å². The smallest absolute Gasteiger partial charge is 0.335 e. The number of sulfonamides is 1. The number of primary sulfonamides is 1. The number of hydrogen-bond donors (Lipinski definition) is 3. The number of aromatic carboxylic acids is 1. The number of nitrogens with two attached hydrogens (primary N) is 1. The molecule has 0 fully saturated rings. The normalized spacial score (nSPS) is 11.0. The lowest BCUT2D eigenvalue weighted by atomic mass is 10.1. The van der Waals surface area contributed by atoms with Gasteiger partial charge >= 0.3 is 5.97 Å². The zero-order valence-electron chi connectivity index (χ0n) is 12.6. The van der Waals surface area contributed by atoms with E-state index in [0.29, 0.717) is 18.5 Å². The molecule has 0 heterocycles. The average Bonchev–Trinajstić information content (AvgIpc) is 2.54. The quantitative estimate of drug-likeness (QED) is 0.718. The fraction of sp³-hybridized carbons (Fsp3) is 0.125. The molecule has 0 aliphatic rings. The Bertz CT molecular complexity index is 843. The Morgan fingerprint density at radius 1 is 0.958 bits per heavy atom. The van der Waals surface area contributed by atoms with E-state index in [0.717, 1.165) is 5.56 Å². The van der Waals surface area contributed by atoms with Gasteiger partial charge in [0.25, 0.3) is 5.91 Å². The highest BCUT2D eigenvalue weighted by molar-refractivity contribution is 7.89. The summed E-state index contributed by atoms with van der Waals surface area (Å²) in [6.07, 6.45) is 0.518. The minimum atomic E-state index is -3.71. The van der Waals surface area contributed by atoms with Crippen LogP contribution in [0.25, 0.3) is 0 Å². The second-order valence-corrected chi connectivity index (χ2v) is 6.64. The first-order valence-corrected chi connectivity index (χ1v) is 8.55. The zero-order chi connectivity index (χ0) is 17.7. The first-order chi connectivity index (χ1) is 11.3. The Morgan fingerprint density at radius 2 is 1.50 bits per heavy atom. The van der Waals surface area contributed by atoms with E-state index in [-0.39, 0.29) is 16.4 Å². The van der Waals surface area contributed by atoms with E-state index < -0.39 is 16.0 Å². The van der Waals surface area contributed by atoms with E-state index in [4.69, 9.17) is 10.2 Å². The van der Waals surface area contributed by atoms with Crippen molar-refractivity contribution in [2.75, 3.05) is 6.54 Å². The van der Waals surface area contributed by atoms with Crippen LogP contribution in [0.2, 0.25) is 0 Å². The number of carbonyl (C=O) groups excluding carboxylic acids is 1. The van der Waals surface area contributed by atoms with Gasteiger partial charge in [-0.25, -0.2) is 18.4 Å². The van der Waals surface area contributed by atoms with Crippen molar-refractivity contribution in [1.82, 2.24) is 5.32 Å². The predicted octanol–water partition coefficient (Wildman–Crippen LogP) is 1.00. The highest BCUT2D eigenvalue weighted by Crippen LogP contribution is 2.09. The van der Waals surface area contributed by atoms with Crippen molar-refractivity contribution in [2.24, 2.45) is 5.14 Å². The molecule has 0 unspecified atom stereocenters. The van der Waals surface area contributed by atoms with Crippen LogP contribution in [0, 0.1) is 0 Å². The summed E-state index contributed by atoms with van der Waals surface area (Å²) in [5, 5.41) is 16.5. The van der Waals surface area contributed by atoms with Gasteiger partial charge in [0.05, 0.1) is 10.5 Å². The average molecular weight is 348 g/mol. The largest absolute Gasteiger partial charge is 0.478 e. The highest BCUT2D eigenvalue weighted by Gasteiger charge is 2.09. The third-order valence-electron chi connectivity index (χ3n) is 3.35. The lowest BCUT2D eigenvalue weighted by Gasteiger charge is -2.06. The summed E-state index contributed by atoms with van der Waals surface area (Å²) in [6, 6.07) is 11.7. The number of hydrogen-bond acceptors (Lipinski definition) is 4. The van der Waals surface area contributed by atoms with Crippen LogP contribution in [-0.4, -0.2) is 31.9 Å². The third-order valence-corrected chi connectivity index (χ3v) is 4.27. The Kier molecular flexibility index (Phi) is 5.32. The zero-order valence-corrected chi connectivity index (χ0v) is 13.4. The molecule has 0 atom stereocenters. The number of carboxylic acid groups (broad SMARTS) is 1. The molecule has 2 aromatic carbocycles. The van der Waals surface area contributed by atoms with Gasteiger partial charge in [0.1, 0.15) is 0 Å². The second-order valence-electron chi connectivity index (χ2n) is 5.08. The van der Waals surface area contributed by atoms with Crippen LogP contribution in [0.15, 0.2) is 53.4 Å². The summed E-state index contributed by atoms with van der Waals surface area (Å²) in [4.78, 5) is 22.7. The maximum atomic E-state index is 11.9. The van der Waals surface area contributed by atoms with Gasteiger partial charge in [0, 0.05) is 12.1 Å². The number of carboxylic acids is 1. The first-order valence-electron chi connectivity index (χ1n) is 7.00. The summed E-state index contributed by atoms with van der Waals surface area (Å²) in [7, 11) is -3.71. The van der Waals surface area contributed by atoms with Gasteiger partial charge in [-0.15, -0.1) is 0 Å². The van der Waals surface area contributed by atoms with E-state index >= 15 is 0 Å². The molecule has 2 rings (SSSR count). The molecule has 0 aliphatic heterocycles. The van der Waals surface area contributed by atoms with Gasteiger partial charge in [-0.3, -0.25) is 4.79 Å². The molecule has 0 saturated heterocycles. The summed E-state index contributed by atoms with van der Waals surface area (Å²) in [6.45, 7) is 0.355. The van der Waals surface area contributed by atoms with Crippen LogP contribution in [0.4, 0.5) is 0 Å². The van der Waals surface area contributed by atoms with E-state index in [2.05, 4.69) is 5.32 Å². The number of nitrogens with one attached hydrogen (secondary N) is 1. The number of amides is 1. The lowest BCUT2D eigenvalue weighted by Crippen LogP contribution is -2.25. The summed E-state index contributed by atoms with van der Waals surface area (Å²) < 4.78 is 22.3. The van der Waals surface area contributed by atoms with Crippen LogP contribution >= 0.6 is 0 Å². The lowest BCUT2D eigenvalue weighted by molar-refractivity contribution is 0.0696. The van der Waals surface area contributed by atoms with Crippen LogP contribution in [-0.2, 0) is 16.4 Å². The molecule has 8 heteroatoms. The van der Waals surface area contributed by atoms with Crippen LogP contribution in [0.1, 0.15) is 26.3 Å².